The monoisotopic (exact) mass is 599 g/mol. The number of nitrogens with one attached hydrogen (secondary N) is 1. The fraction of sp³-hybridized carbons (Fsp3) is 0.355. The van der Waals surface area contributed by atoms with Gasteiger partial charge in [0, 0.05) is 13.1 Å². The van der Waals surface area contributed by atoms with E-state index in [9.17, 15) is 18.0 Å². The van der Waals surface area contributed by atoms with E-state index in [1.165, 1.54) is 36.3 Å². The number of carbonyl (C=O) groups is 2. The van der Waals surface area contributed by atoms with E-state index >= 15 is 0 Å². The molecule has 3 aromatic carbocycles. The maximum Gasteiger partial charge on any atom is 0.264 e. The highest BCUT2D eigenvalue weighted by Crippen LogP contribution is 2.32. The van der Waals surface area contributed by atoms with Crippen molar-refractivity contribution in [1.82, 2.24) is 10.2 Å². The molecule has 41 heavy (non-hydrogen) atoms. The predicted octanol–water partition coefficient (Wildman–Crippen LogP) is 5.49. The van der Waals surface area contributed by atoms with Crippen molar-refractivity contribution in [3.8, 4) is 5.75 Å². The third-order valence-electron chi connectivity index (χ3n) is 6.91. The topological polar surface area (TPSA) is 96.0 Å². The number of ether oxygens (including phenoxy) is 1. The van der Waals surface area contributed by atoms with E-state index in [4.69, 9.17) is 16.3 Å². The Labute approximate surface area is 248 Å². The maximum absolute atomic E-state index is 14.0. The lowest BCUT2D eigenvalue weighted by atomic mass is 10.1. The second kappa shape index (κ2) is 14.4. The van der Waals surface area contributed by atoms with E-state index in [0.29, 0.717) is 12.3 Å². The SMILES string of the molecule is CCCCNC(=O)[C@H](C)N(Cc1ccccc1C)C(=O)CN(c1ccc(OC)c(Cl)c1)S(=O)(=O)c1ccc(C)cc1. The predicted molar refractivity (Wildman–Crippen MR) is 163 cm³/mol. The number of anilines is 1. The average Bonchev–Trinajstić information content (AvgIpc) is 2.95. The first-order chi connectivity index (χ1) is 19.5. The van der Waals surface area contributed by atoms with Crippen molar-refractivity contribution in [3.63, 3.8) is 0 Å². The number of hydrogen-bond acceptors (Lipinski definition) is 5. The highest BCUT2D eigenvalue weighted by molar-refractivity contribution is 7.92. The molecule has 0 saturated carbocycles. The van der Waals surface area contributed by atoms with Crippen LogP contribution in [0.3, 0.4) is 0 Å². The van der Waals surface area contributed by atoms with Crippen LogP contribution >= 0.6 is 11.6 Å². The normalized spacial score (nSPS) is 12.0. The molecular weight excluding hydrogens is 562 g/mol. The van der Waals surface area contributed by atoms with E-state index in [1.807, 2.05) is 45.0 Å². The second-order valence-electron chi connectivity index (χ2n) is 9.91. The molecule has 0 fully saturated rings. The molecular formula is C31H38ClN3O5S. The van der Waals surface area contributed by atoms with Crippen LogP contribution in [0.15, 0.2) is 71.6 Å². The highest BCUT2D eigenvalue weighted by Gasteiger charge is 2.33. The molecule has 0 heterocycles. The number of methoxy groups -OCH3 is 1. The Morgan fingerprint density at radius 3 is 2.32 bits per heavy atom. The van der Waals surface area contributed by atoms with Crippen molar-refractivity contribution in [1.29, 1.82) is 0 Å². The Bertz CT molecular complexity index is 1460. The number of hydrogen-bond donors (Lipinski definition) is 1. The Kier molecular flexibility index (Phi) is 11.2. The molecule has 0 saturated heterocycles. The molecule has 0 bridgehead atoms. The second-order valence-corrected chi connectivity index (χ2v) is 12.2. The van der Waals surface area contributed by atoms with Crippen LogP contribution in [0.5, 0.6) is 5.75 Å². The van der Waals surface area contributed by atoms with E-state index in [1.54, 1.807) is 25.1 Å². The zero-order chi connectivity index (χ0) is 30.2. The zero-order valence-corrected chi connectivity index (χ0v) is 25.8. The number of carbonyl (C=O) groups excluding carboxylic acids is 2. The Hall–Kier alpha value is -3.56. The minimum atomic E-state index is -4.19. The summed E-state index contributed by atoms with van der Waals surface area (Å²) in [7, 11) is -2.73. The maximum atomic E-state index is 14.0. The summed E-state index contributed by atoms with van der Waals surface area (Å²) < 4.78 is 34.2. The quantitative estimate of drug-likeness (QED) is 0.262. The van der Waals surface area contributed by atoms with Crippen LogP contribution < -0.4 is 14.4 Å². The minimum Gasteiger partial charge on any atom is -0.495 e. The lowest BCUT2D eigenvalue weighted by Crippen LogP contribution is -2.51. The summed E-state index contributed by atoms with van der Waals surface area (Å²) >= 11 is 6.37. The smallest absolute Gasteiger partial charge is 0.264 e. The molecule has 0 spiro atoms. The Balaban J connectivity index is 2.05. The molecule has 10 heteroatoms. The molecule has 8 nitrogen and oxygen atoms in total. The fourth-order valence-electron chi connectivity index (χ4n) is 4.27. The van der Waals surface area contributed by atoms with Crippen LogP contribution in [0.4, 0.5) is 5.69 Å². The summed E-state index contributed by atoms with van der Waals surface area (Å²) in [6.07, 6.45) is 1.72. The number of benzene rings is 3. The van der Waals surface area contributed by atoms with Gasteiger partial charge in [-0.15, -0.1) is 0 Å². The molecule has 0 radical (unpaired) electrons. The van der Waals surface area contributed by atoms with Crippen molar-refractivity contribution in [2.24, 2.45) is 0 Å². The number of halogens is 1. The number of sulfonamides is 1. The molecule has 0 aliphatic rings. The zero-order valence-electron chi connectivity index (χ0n) is 24.2. The van der Waals surface area contributed by atoms with E-state index in [2.05, 4.69) is 5.32 Å². The minimum absolute atomic E-state index is 0.0265. The van der Waals surface area contributed by atoms with Crippen molar-refractivity contribution in [3.05, 3.63) is 88.4 Å². The summed E-state index contributed by atoms with van der Waals surface area (Å²) in [5.74, 6) is -0.470. The number of nitrogens with zero attached hydrogens (tertiary/aromatic N) is 2. The Morgan fingerprint density at radius 1 is 1.02 bits per heavy atom. The lowest BCUT2D eigenvalue weighted by molar-refractivity contribution is -0.139. The fourth-order valence-corrected chi connectivity index (χ4v) is 5.92. The van der Waals surface area contributed by atoms with Crippen molar-refractivity contribution in [2.75, 3.05) is 24.5 Å². The summed E-state index contributed by atoms with van der Waals surface area (Å²) in [5.41, 5.74) is 2.90. The van der Waals surface area contributed by atoms with Crippen LogP contribution in [0, 0.1) is 13.8 Å². The molecule has 0 unspecified atom stereocenters. The van der Waals surface area contributed by atoms with Gasteiger partial charge in [0.25, 0.3) is 10.0 Å². The first-order valence-electron chi connectivity index (χ1n) is 13.5. The standard InChI is InChI=1S/C31H38ClN3O5S/c1-6-7-18-33-31(37)24(4)34(20-25-11-9-8-10-23(25)3)30(36)21-35(26-14-17-29(40-5)28(32)19-26)41(38,39)27-15-12-22(2)13-16-27/h8-17,19,24H,6-7,18,20-21H2,1-5H3,(H,33,37)/t24-/m0/s1. The average molecular weight is 600 g/mol. The number of unbranched alkanes of at least 4 members (excludes halogenated alkanes) is 1. The third-order valence-corrected chi connectivity index (χ3v) is 8.99. The molecule has 2 amide bonds. The summed E-state index contributed by atoms with van der Waals surface area (Å²) in [6, 6.07) is 17.7. The van der Waals surface area contributed by atoms with Gasteiger partial charge in [-0.1, -0.05) is 66.9 Å². The van der Waals surface area contributed by atoms with Crippen molar-refractivity contribution < 1.29 is 22.7 Å². The van der Waals surface area contributed by atoms with Crippen LogP contribution in [0.25, 0.3) is 0 Å². The summed E-state index contributed by atoms with van der Waals surface area (Å²) in [6.45, 7) is 7.55. The van der Waals surface area contributed by atoms with Gasteiger partial charge in [-0.25, -0.2) is 8.42 Å². The van der Waals surface area contributed by atoms with Crippen LogP contribution in [0.2, 0.25) is 5.02 Å². The summed E-state index contributed by atoms with van der Waals surface area (Å²) in [5, 5.41) is 3.09. The van der Waals surface area contributed by atoms with Gasteiger partial charge in [0.2, 0.25) is 11.8 Å². The highest BCUT2D eigenvalue weighted by atomic mass is 35.5. The third kappa shape index (κ3) is 8.01. The molecule has 220 valence electrons. The molecule has 0 aromatic heterocycles. The first kappa shape index (κ1) is 32.0. The van der Waals surface area contributed by atoms with Gasteiger partial charge in [0.1, 0.15) is 18.3 Å². The van der Waals surface area contributed by atoms with Gasteiger partial charge in [0.15, 0.2) is 0 Å². The molecule has 1 atom stereocenters. The van der Waals surface area contributed by atoms with Crippen LogP contribution in [-0.2, 0) is 26.2 Å². The first-order valence-corrected chi connectivity index (χ1v) is 15.4. The molecule has 3 aromatic rings. The Morgan fingerprint density at radius 2 is 1.71 bits per heavy atom. The van der Waals surface area contributed by atoms with E-state index < -0.39 is 28.5 Å². The van der Waals surface area contributed by atoms with Crippen molar-refractivity contribution in [2.45, 2.75) is 58.0 Å². The summed E-state index contributed by atoms with van der Waals surface area (Å²) in [4.78, 5) is 28.6. The van der Waals surface area contributed by atoms with Gasteiger partial charge in [0.05, 0.1) is 22.7 Å². The molecule has 0 aliphatic carbocycles. The number of amides is 2. The molecule has 1 N–H and O–H groups in total. The van der Waals surface area contributed by atoms with Gasteiger partial charge in [-0.3, -0.25) is 13.9 Å². The molecule has 0 aliphatic heterocycles. The van der Waals surface area contributed by atoms with Gasteiger partial charge < -0.3 is 15.0 Å². The van der Waals surface area contributed by atoms with Crippen LogP contribution in [-0.4, -0.2) is 51.4 Å². The largest absolute Gasteiger partial charge is 0.495 e. The van der Waals surface area contributed by atoms with Crippen LogP contribution in [0.1, 0.15) is 43.4 Å². The van der Waals surface area contributed by atoms with E-state index in [-0.39, 0.29) is 28.1 Å². The van der Waals surface area contributed by atoms with Gasteiger partial charge in [-0.05, 0) is 68.7 Å². The van der Waals surface area contributed by atoms with Crippen molar-refractivity contribution >= 4 is 39.1 Å². The van der Waals surface area contributed by atoms with Gasteiger partial charge >= 0.3 is 0 Å². The van der Waals surface area contributed by atoms with E-state index in [0.717, 1.165) is 33.8 Å². The lowest BCUT2D eigenvalue weighted by Gasteiger charge is -2.32. The number of aryl methyl sites for hydroxylation is 2. The molecule has 3 rings (SSSR count). The van der Waals surface area contributed by atoms with Gasteiger partial charge in [-0.2, -0.15) is 0 Å². The number of rotatable bonds is 13.